The molecule has 0 aliphatic heterocycles. The highest BCUT2D eigenvalue weighted by Crippen LogP contribution is 2.26. The van der Waals surface area contributed by atoms with Gasteiger partial charge < -0.3 is 9.47 Å². The van der Waals surface area contributed by atoms with Crippen LogP contribution < -0.4 is 0 Å². The minimum absolute atomic E-state index is 0.0116. The van der Waals surface area contributed by atoms with Gasteiger partial charge in [-0.3, -0.25) is 14.6 Å². The Kier molecular flexibility index (Phi) is 3.83. The Labute approximate surface area is 115 Å². The molecule has 0 fully saturated rings. The molecule has 0 aromatic carbocycles. The molecular formula is C15H9NO4. The molecule has 5 heteroatoms. The van der Waals surface area contributed by atoms with Gasteiger partial charge in [0.2, 0.25) is 17.3 Å². The largest absolute Gasteiger partial charge is 0.473 e. The number of hydrogen-bond acceptors (Lipinski definition) is 5. The normalized spacial score (nSPS) is 13.3. The van der Waals surface area contributed by atoms with Crippen LogP contribution in [-0.2, 0) is 9.47 Å². The molecule has 5 nitrogen and oxygen atoms in total. The molecule has 0 atom stereocenters. The number of fused-ring (bicyclic) bond motifs is 1. The molecule has 20 heavy (non-hydrogen) atoms. The van der Waals surface area contributed by atoms with Gasteiger partial charge in [-0.25, -0.2) is 0 Å². The maximum atomic E-state index is 12.3. The molecule has 1 aliphatic carbocycles. The Balaban J connectivity index is 2.50. The van der Waals surface area contributed by atoms with Gasteiger partial charge >= 0.3 is 0 Å². The molecule has 0 radical (unpaired) electrons. The molecule has 0 amide bonds. The van der Waals surface area contributed by atoms with Crippen LogP contribution in [0.5, 0.6) is 0 Å². The summed E-state index contributed by atoms with van der Waals surface area (Å²) in [5.41, 5.74) is 0.162. The Bertz CT molecular complexity index is 630. The molecular weight excluding hydrogens is 258 g/mol. The summed E-state index contributed by atoms with van der Waals surface area (Å²) in [6.45, 7) is -0.327. The monoisotopic (exact) mass is 267 g/mol. The van der Waals surface area contributed by atoms with E-state index in [1.54, 1.807) is 6.07 Å². The molecule has 1 aliphatic rings. The average Bonchev–Trinajstić information content (AvgIpc) is 2.48. The number of terminal acetylenes is 2. The molecule has 2 rings (SSSR count). The molecule has 1 aromatic rings. The summed E-state index contributed by atoms with van der Waals surface area (Å²) >= 11 is 0. The summed E-state index contributed by atoms with van der Waals surface area (Å²) in [5, 5.41) is 0. The quantitative estimate of drug-likeness (QED) is 0.760. The van der Waals surface area contributed by atoms with E-state index >= 15 is 0 Å². The number of ether oxygens (including phenoxy) is 2. The summed E-state index contributed by atoms with van der Waals surface area (Å²) in [5.74, 6) is 2.89. The smallest absolute Gasteiger partial charge is 0.250 e. The van der Waals surface area contributed by atoms with Crippen molar-refractivity contribution in [2.24, 2.45) is 0 Å². The van der Waals surface area contributed by atoms with Crippen LogP contribution in [0.3, 0.4) is 0 Å². The highest BCUT2D eigenvalue weighted by atomic mass is 16.5. The number of nitrogens with zero attached hydrogens (tertiary/aromatic N) is 1. The number of rotatable bonds is 4. The summed E-state index contributed by atoms with van der Waals surface area (Å²) in [6.07, 6.45) is 11.6. The topological polar surface area (TPSA) is 65.5 Å². The van der Waals surface area contributed by atoms with E-state index in [9.17, 15) is 9.59 Å². The molecule has 98 valence electrons. The fraction of sp³-hybridized carbons (Fsp3) is 0.133. The number of pyridine rings is 1. The summed E-state index contributed by atoms with van der Waals surface area (Å²) < 4.78 is 10.3. The van der Waals surface area contributed by atoms with Crippen LogP contribution in [0.1, 0.15) is 20.8 Å². The third-order valence-electron chi connectivity index (χ3n) is 2.49. The van der Waals surface area contributed by atoms with Crippen LogP contribution in [0, 0.1) is 24.7 Å². The lowest BCUT2D eigenvalue weighted by Gasteiger charge is -2.19. The maximum absolute atomic E-state index is 12.3. The first-order chi connectivity index (χ1) is 9.70. The fourth-order valence-corrected chi connectivity index (χ4v) is 1.70. The third-order valence-corrected chi connectivity index (χ3v) is 2.49. The zero-order valence-corrected chi connectivity index (χ0v) is 10.4. The standard InChI is InChI=1S/C15H9NO4/c1-3-8-19-14-12(17)10-6-5-7-16-11(10)13(18)15(14)20-9-4-2/h1-2,5-7H,8-9H2. The summed E-state index contributed by atoms with van der Waals surface area (Å²) in [4.78, 5) is 28.4. The first-order valence-electron chi connectivity index (χ1n) is 5.62. The Morgan fingerprint density at radius 1 is 1.05 bits per heavy atom. The van der Waals surface area contributed by atoms with Crippen LogP contribution in [-0.4, -0.2) is 29.8 Å². The zero-order valence-electron chi connectivity index (χ0n) is 10.4. The van der Waals surface area contributed by atoms with Crippen molar-refractivity contribution in [3.8, 4) is 24.7 Å². The zero-order chi connectivity index (χ0) is 14.5. The van der Waals surface area contributed by atoms with Crippen LogP contribution in [0.15, 0.2) is 29.8 Å². The SMILES string of the molecule is C#CCOC1=C(OCC#C)C(=O)c2ncccc2C1=O. The van der Waals surface area contributed by atoms with Crippen molar-refractivity contribution in [2.45, 2.75) is 0 Å². The van der Waals surface area contributed by atoms with Crippen molar-refractivity contribution in [3.63, 3.8) is 0 Å². The van der Waals surface area contributed by atoms with E-state index in [-0.39, 0.29) is 36.0 Å². The second kappa shape index (κ2) is 5.73. The van der Waals surface area contributed by atoms with Crippen LogP contribution in [0.4, 0.5) is 0 Å². The number of carbonyl (C=O) groups excluding carboxylic acids is 2. The van der Waals surface area contributed by atoms with Gasteiger partial charge in [0, 0.05) is 6.20 Å². The first kappa shape index (κ1) is 13.4. The van der Waals surface area contributed by atoms with E-state index in [1.165, 1.54) is 12.3 Å². The number of allylic oxidation sites excluding steroid dienone is 2. The van der Waals surface area contributed by atoms with Gasteiger partial charge in [-0.1, -0.05) is 11.8 Å². The molecule has 0 spiro atoms. The van der Waals surface area contributed by atoms with E-state index in [0.717, 1.165) is 0 Å². The summed E-state index contributed by atoms with van der Waals surface area (Å²) in [6, 6.07) is 3.04. The Morgan fingerprint density at radius 2 is 1.65 bits per heavy atom. The highest BCUT2D eigenvalue weighted by molar-refractivity contribution is 6.24. The lowest BCUT2D eigenvalue weighted by Crippen LogP contribution is -2.26. The molecule has 0 saturated carbocycles. The Hall–Kier alpha value is -3.05. The maximum Gasteiger partial charge on any atom is 0.250 e. The minimum Gasteiger partial charge on any atom is -0.473 e. The van der Waals surface area contributed by atoms with Crippen molar-refractivity contribution in [1.82, 2.24) is 4.98 Å². The predicted molar refractivity (Wildman–Crippen MR) is 69.5 cm³/mol. The van der Waals surface area contributed by atoms with Crippen molar-refractivity contribution in [2.75, 3.05) is 13.2 Å². The van der Waals surface area contributed by atoms with E-state index in [4.69, 9.17) is 22.3 Å². The number of Topliss-reactive ketones (excluding diaryl/α,β-unsaturated/α-hetero) is 2. The van der Waals surface area contributed by atoms with Gasteiger partial charge in [-0.2, -0.15) is 0 Å². The number of ketones is 2. The minimum atomic E-state index is -0.553. The molecule has 0 bridgehead atoms. The molecule has 1 heterocycles. The van der Waals surface area contributed by atoms with Crippen molar-refractivity contribution >= 4 is 11.6 Å². The van der Waals surface area contributed by atoms with Crippen molar-refractivity contribution in [1.29, 1.82) is 0 Å². The molecule has 0 N–H and O–H groups in total. The lowest BCUT2D eigenvalue weighted by molar-refractivity contribution is 0.0793. The first-order valence-corrected chi connectivity index (χ1v) is 5.62. The highest BCUT2D eigenvalue weighted by Gasteiger charge is 2.36. The van der Waals surface area contributed by atoms with Crippen LogP contribution in [0.2, 0.25) is 0 Å². The second-order valence-electron chi connectivity index (χ2n) is 3.70. The van der Waals surface area contributed by atoms with Gasteiger partial charge in [-0.15, -0.1) is 12.8 Å². The van der Waals surface area contributed by atoms with Crippen molar-refractivity contribution in [3.05, 3.63) is 41.1 Å². The fourth-order valence-electron chi connectivity index (χ4n) is 1.70. The van der Waals surface area contributed by atoms with Gasteiger partial charge in [-0.05, 0) is 12.1 Å². The molecule has 1 aromatic heterocycles. The van der Waals surface area contributed by atoms with E-state index < -0.39 is 11.6 Å². The van der Waals surface area contributed by atoms with Crippen LogP contribution >= 0.6 is 0 Å². The van der Waals surface area contributed by atoms with Gasteiger partial charge in [0.25, 0.3) is 5.78 Å². The van der Waals surface area contributed by atoms with Gasteiger partial charge in [0.05, 0.1) is 5.56 Å². The van der Waals surface area contributed by atoms with E-state index in [1.807, 2.05) is 0 Å². The Morgan fingerprint density at radius 3 is 2.25 bits per heavy atom. The van der Waals surface area contributed by atoms with Crippen molar-refractivity contribution < 1.29 is 19.1 Å². The number of carbonyl (C=O) groups is 2. The van der Waals surface area contributed by atoms with E-state index in [2.05, 4.69) is 16.8 Å². The van der Waals surface area contributed by atoms with E-state index in [0.29, 0.717) is 0 Å². The summed E-state index contributed by atoms with van der Waals surface area (Å²) in [7, 11) is 0. The number of aromatic nitrogens is 1. The lowest BCUT2D eigenvalue weighted by atomic mass is 9.97. The second-order valence-corrected chi connectivity index (χ2v) is 3.70. The van der Waals surface area contributed by atoms with Gasteiger partial charge in [0.15, 0.2) is 0 Å². The van der Waals surface area contributed by atoms with Gasteiger partial charge in [0.1, 0.15) is 18.9 Å². The van der Waals surface area contributed by atoms with Crippen LogP contribution in [0.25, 0.3) is 0 Å². The number of hydrogen-bond donors (Lipinski definition) is 0. The molecule has 0 unspecified atom stereocenters. The predicted octanol–water partition coefficient (Wildman–Crippen LogP) is 0.972. The third kappa shape index (κ3) is 2.25. The average molecular weight is 267 g/mol. The molecule has 0 saturated heterocycles.